The Morgan fingerprint density at radius 2 is 1.40 bits per heavy atom. The molecule has 56 valence electrons. The van der Waals surface area contributed by atoms with Crippen LogP contribution in [0.2, 0.25) is 5.82 Å². The van der Waals surface area contributed by atoms with Gasteiger partial charge in [0.05, 0.1) is 7.85 Å². The van der Waals surface area contributed by atoms with Gasteiger partial charge in [-0.3, -0.25) is 0 Å². The molecule has 1 heteroatoms. The number of rotatable bonds is 0. The van der Waals surface area contributed by atoms with Crippen LogP contribution in [0.25, 0.3) is 0 Å². The van der Waals surface area contributed by atoms with Crippen molar-refractivity contribution in [3.63, 3.8) is 0 Å². The summed E-state index contributed by atoms with van der Waals surface area (Å²) < 4.78 is 0. The van der Waals surface area contributed by atoms with E-state index in [1.54, 1.807) is 0 Å². The Hall–Kier alpha value is 0.0649. The largest absolute Gasteiger partial charge is 0.0769 e. The van der Waals surface area contributed by atoms with Crippen molar-refractivity contribution in [3.8, 4) is 0 Å². The third kappa shape index (κ3) is 1.56. The van der Waals surface area contributed by atoms with Crippen LogP contribution in [-0.2, 0) is 0 Å². The van der Waals surface area contributed by atoms with E-state index in [1.807, 2.05) is 0 Å². The van der Waals surface area contributed by atoms with Crippen molar-refractivity contribution in [2.45, 2.75) is 39.4 Å². The van der Waals surface area contributed by atoms with Crippen LogP contribution < -0.4 is 0 Å². The van der Waals surface area contributed by atoms with E-state index < -0.39 is 0 Å². The third-order valence-corrected chi connectivity index (χ3v) is 3.14. The first kappa shape index (κ1) is 8.16. The second kappa shape index (κ2) is 2.98. The van der Waals surface area contributed by atoms with E-state index in [9.17, 15) is 0 Å². The second-order valence-corrected chi connectivity index (χ2v) is 4.05. The van der Waals surface area contributed by atoms with E-state index in [-0.39, 0.29) is 0 Å². The van der Waals surface area contributed by atoms with Gasteiger partial charge in [0.2, 0.25) is 0 Å². The van der Waals surface area contributed by atoms with Crippen molar-refractivity contribution in [2.24, 2.45) is 17.8 Å². The fourth-order valence-electron chi connectivity index (χ4n) is 2.04. The molecule has 1 aliphatic carbocycles. The molecule has 2 unspecified atom stereocenters. The fraction of sp³-hybridized carbons (Fsp3) is 1.00. The van der Waals surface area contributed by atoms with Crippen LogP contribution in [0.5, 0.6) is 0 Å². The van der Waals surface area contributed by atoms with Crippen LogP contribution in [-0.4, -0.2) is 7.85 Å². The lowest BCUT2D eigenvalue weighted by Crippen LogP contribution is -2.25. The van der Waals surface area contributed by atoms with Gasteiger partial charge in [-0.25, -0.2) is 0 Å². The average molecular weight is 136 g/mol. The third-order valence-electron chi connectivity index (χ3n) is 3.14. The van der Waals surface area contributed by atoms with Crippen molar-refractivity contribution >= 4 is 7.85 Å². The molecule has 0 aromatic carbocycles. The van der Waals surface area contributed by atoms with Crippen LogP contribution in [0.15, 0.2) is 0 Å². The molecule has 2 atom stereocenters. The van der Waals surface area contributed by atoms with Gasteiger partial charge in [0.15, 0.2) is 0 Å². The van der Waals surface area contributed by atoms with E-state index in [0.29, 0.717) is 5.82 Å². The predicted octanol–water partition coefficient (Wildman–Crippen LogP) is 2.65. The second-order valence-electron chi connectivity index (χ2n) is 4.05. The van der Waals surface area contributed by atoms with Crippen molar-refractivity contribution in [1.29, 1.82) is 0 Å². The Labute approximate surface area is 65.8 Å². The SMILES string of the molecule is [B]C1CC(C)C(C)C(C)C1. The topological polar surface area (TPSA) is 0 Å². The van der Waals surface area contributed by atoms with Gasteiger partial charge in [0.25, 0.3) is 0 Å². The van der Waals surface area contributed by atoms with Crippen LogP contribution >= 0.6 is 0 Å². The summed E-state index contributed by atoms with van der Waals surface area (Å²) in [6.07, 6.45) is 2.46. The minimum atomic E-state index is 0.473. The molecule has 1 saturated carbocycles. The molecule has 0 saturated heterocycles. The summed E-state index contributed by atoms with van der Waals surface area (Å²) in [4.78, 5) is 0. The lowest BCUT2D eigenvalue weighted by molar-refractivity contribution is 0.198. The molecule has 1 rings (SSSR count). The summed E-state index contributed by atoms with van der Waals surface area (Å²) >= 11 is 0. The maximum absolute atomic E-state index is 5.88. The molecule has 10 heavy (non-hydrogen) atoms. The highest BCUT2D eigenvalue weighted by molar-refractivity contribution is 6.11. The van der Waals surface area contributed by atoms with Crippen LogP contribution in [0.4, 0.5) is 0 Å². The monoisotopic (exact) mass is 136 g/mol. The summed E-state index contributed by atoms with van der Waals surface area (Å²) in [6.45, 7) is 6.99. The molecular weight excluding hydrogens is 119 g/mol. The van der Waals surface area contributed by atoms with Gasteiger partial charge in [-0.15, -0.1) is 0 Å². The van der Waals surface area contributed by atoms with Gasteiger partial charge in [-0.1, -0.05) is 39.4 Å². The van der Waals surface area contributed by atoms with E-state index in [4.69, 9.17) is 7.85 Å². The molecule has 1 fully saturated rings. The van der Waals surface area contributed by atoms with Crippen LogP contribution in [0.1, 0.15) is 33.6 Å². The predicted molar refractivity (Wildman–Crippen MR) is 46.2 cm³/mol. The van der Waals surface area contributed by atoms with Gasteiger partial charge in [0.1, 0.15) is 0 Å². The summed E-state index contributed by atoms with van der Waals surface area (Å²) in [7, 11) is 5.88. The highest BCUT2D eigenvalue weighted by Gasteiger charge is 2.26. The molecule has 0 aliphatic heterocycles. The zero-order valence-corrected chi connectivity index (χ0v) is 7.30. The first-order valence-electron chi connectivity index (χ1n) is 4.37. The van der Waals surface area contributed by atoms with Crippen LogP contribution in [0.3, 0.4) is 0 Å². The highest BCUT2D eigenvalue weighted by Crippen LogP contribution is 2.38. The van der Waals surface area contributed by atoms with Gasteiger partial charge < -0.3 is 0 Å². The van der Waals surface area contributed by atoms with E-state index in [1.165, 1.54) is 12.8 Å². The summed E-state index contributed by atoms with van der Waals surface area (Å²) in [6, 6.07) is 0. The van der Waals surface area contributed by atoms with Gasteiger partial charge >= 0.3 is 0 Å². The van der Waals surface area contributed by atoms with E-state index >= 15 is 0 Å². The molecule has 0 aromatic rings. The molecule has 0 N–H and O–H groups in total. The maximum Gasteiger partial charge on any atom is 0.0699 e. The van der Waals surface area contributed by atoms with E-state index in [2.05, 4.69) is 20.8 Å². The lowest BCUT2D eigenvalue weighted by atomic mass is 9.63. The number of hydrogen-bond donors (Lipinski definition) is 0. The lowest BCUT2D eigenvalue weighted by Gasteiger charge is -2.35. The Balaban J connectivity index is 2.49. The normalized spacial score (nSPS) is 49.1. The zero-order chi connectivity index (χ0) is 7.72. The standard InChI is InChI=1S/C9H17B/c1-6-4-9(10)5-7(2)8(6)3/h6-9H,4-5H2,1-3H3. The van der Waals surface area contributed by atoms with E-state index in [0.717, 1.165) is 17.8 Å². The van der Waals surface area contributed by atoms with Crippen molar-refractivity contribution in [2.75, 3.05) is 0 Å². The highest BCUT2D eigenvalue weighted by atomic mass is 14.3. The summed E-state index contributed by atoms with van der Waals surface area (Å²) in [5, 5.41) is 0. The summed E-state index contributed by atoms with van der Waals surface area (Å²) in [5.41, 5.74) is 0. The molecule has 0 bridgehead atoms. The molecule has 0 nitrogen and oxygen atoms in total. The molecule has 0 amide bonds. The fourth-order valence-corrected chi connectivity index (χ4v) is 2.04. The molecule has 0 spiro atoms. The minimum absolute atomic E-state index is 0.473. The van der Waals surface area contributed by atoms with Gasteiger partial charge in [-0.2, -0.15) is 0 Å². The molecule has 0 heterocycles. The molecule has 0 aromatic heterocycles. The quantitative estimate of drug-likeness (QED) is 0.449. The Morgan fingerprint density at radius 1 is 1.00 bits per heavy atom. The Bertz CT molecular complexity index is 99.3. The van der Waals surface area contributed by atoms with Gasteiger partial charge in [0, 0.05) is 0 Å². The molecule has 2 radical (unpaired) electrons. The van der Waals surface area contributed by atoms with Crippen molar-refractivity contribution in [1.82, 2.24) is 0 Å². The first-order chi connectivity index (χ1) is 4.61. The minimum Gasteiger partial charge on any atom is -0.0769 e. The number of hydrogen-bond acceptors (Lipinski definition) is 0. The molecule has 1 aliphatic rings. The summed E-state index contributed by atoms with van der Waals surface area (Å²) in [5.74, 6) is 3.01. The van der Waals surface area contributed by atoms with Crippen molar-refractivity contribution in [3.05, 3.63) is 0 Å². The maximum atomic E-state index is 5.88. The smallest absolute Gasteiger partial charge is 0.0699 e. The van der Waals surface area contributed by atoms with Crippen molar-refractivity contribution < 1.29 is 0 Å². The Morgan fingerprint density at radius 3 is 1.80 bits per heavy atom. The van der Waals surface area contributed by atoms with Gasteiger partial charge in [-0.05, 0) is 17.8 Å². The average Bonchev–Trinajstić information content (AvgIpc) is 1.82. The first-order valence-corrected chi connectivity index (χ1v) is 4.37. The Kier molecular flexibility index (Phi) is 2.43. The zero-order valence-electron chi connectivity index (χ0n) is 7.30. The molecular formula is C9H17B. The van der Waals surface area contributed by atoms with Crippen LogP contribution in [0, 0.1) is 17.8 Å².